The molecule has 21 heavy (non-hydrogen) atoms. The lowest BCUT2D eigenvalue weighted by Gasteiger charge is -2.27. The number of hydrogen-bond acceptors (Lipinski definition) is 6. The number of hydrogen-bond donors (Lipinski definition) is 1. The summed E-state index contributed by atoms with van der Waals surface area (Å²) in [5.74, 6) is 5.51. The Bertz CT molecular complexity index is 448. The van der Waals surface area contributed by atoms with E-state index in [1.54, 1.807) is 0 Å². The molecule has 0 aliphatic carbocycles. The molecule has 1 aromatic heterocycles. The van der Waals surface area contributed by atoms with Crippen molar-refractivity contribution in [2.75, 3.05) is 24.6 Å². The molecule has 4 nitrogen and oxygen atoms in total. The van der Waals surface area contributed by atoms with Crippen molar-refractivity contribution >= 4 is 23.5 Å². The molecular formula is C15H25N3OS2. The minimum absolute atomic E-state index is 0.396. The maximum absolute atomic E-state index is 5.52. The number of rotatable bonds is 4. The van der Waals surface area contributed by atoms with Crippen LogP contribution in [0.15, 0.2) is 4.52 Å². The molecule has 2 aliphatic rings. The van der Waals surface area contributed by atoms with Crippen molar-refractivity contribution in [2.24, 2.45) is 11.8 Å². The van der Waals surface area contributed by atoms with Gasteiger partial charge in [-0.3, -0.25) is 0 Å². The molecule has 2 aliphatic heterocycles. The first kappa shape index (κ1) is 15.7. The summed E-state index contributed by atoms with van der Waals surface area (Å²) >= 11 is 3.98. The van der Waals surface area contributed by atoms with Gasteiger partial charge in [-0.05, 0) is 37.8 Å². The summed E-state index contributed by atoms with van der Waals surface area (Å²) in [6, 6.07) is 0. The van der Waals surface area contributed by atoms with Crippen LogP contribution in [0, 0.1) is 11.8 Å². The number of piperidine rings is 1. The summed E-state index contributed by atoms with van der Waals surface area (Å²) in [7, 11) is 0. The van der Waals surface area contributed by atoms with E-state index >= 15 is 0 Å². The topological polar surface area (TPSA) is 51.0 Å². The highest BCUT2D eigenvalue weighted by Gasteiger charge is 2.29. The Balaban J connectivity index is 1.59. The number of thioether (sulfide) groups is 2. The van der Waals surface area contributed by atoms with Gasteiger partial charge in [0.1, 0.15) is 0 Å². The van der Waals surface area contributed by atoms with Gasteiger partial charge in [-0.15, -0.1) is 11.8 Å². The van der Waals surface area contributed by atoms with Gasteiger partial charge >= 0.3 is 0 Å². The van der Waals surface area contributed by atoms with E-state index in [2.05, 4.69) is 29.3 Å². The Morgan fingerprint density at radius 3 is 3.00 bits per heavy atom. The van der Waals surface area contributed by atoms with E-state index in [4.69, 9.17) is 4.52 Å². The Hall–Kier alpha value is -0.200. The summed E-state index contributed by atoms with van der Waals surface area (Å²) in [5, 5.41) is 8.72. The van der Waals surface area contributed by atoms with Crippen molar-refractivity contribution in [2.45, 2.75) is 43.6 Å². The first-order valence-corrected chi connectivity index (χ1v) is 10.1. The Kier molecular flexibility index (Phi) is 5.51. The molecule has 0 amide bonds. The van der Waals surface area contributed by atoms with Gasteiger partial charge < -0.3 is 9.84 Å². The predicted molar refractivity (Wildman–Crippen MR) is 89.9 cm³/mol. The first-order chi connectivity index (χ1) is 10.2. The van der Waals surface area contributed by atoms with Gasteiger partial charge in [0.25, 0.3) is 0 Å². The molecule has 0 radical (unpaired) electrons. The number of aromatic nitrogens is 2. The molecule has 1 N–H and O–H groups in total. The van der Waals surface area contributed by atoms with Crippen LogP contribution in [0.2, 0.25) is 0 Å². The van der Waals surface area contributed by atoms with E-state index in [9.17, 15) is 0 Å². The molecule has 3 rings (SSSR count). The van der Waals surface area contributed by atoms with Crippen molar-refractivity contribution in [3.63, 3.8) is 0 Å². The lowest BCUT2D eigenvalue weighted by molar-refractivity contribution is 0.256. The zero-order valence-electron chi connectivity index (χ0n) is 12.9. The van der Waals surface area contributed by atoms with Crippen molar-refractivity contribution in [3.8, 4) is 0 Å². The molecule has 4 unspecified atom stereocenters. The average Bonchev–Trinajstić information content (AvgIpc) is 2.97. The van der Waals surface area contributed by atoms with Crippen molar-refractivity contribution in [1.82, 2.24) is 15.5 Å². The fourth-order valence-electron chi connectivity index (χ4n) is 3.19. The minimum Gasteiger partial charge on any atom is -0.339 e. The molecule has 118 valence electrons. The third kappa shape index (κ3) is 3.96. The van der Waals surface area contributed by atoms with Crippen molar-refractivity contribution in [3.05, 3.63) is 11.7 Å². The molecule has 2 fully saturated rings. The van der Waals surface area contributed by atoms with Crippen molar-refractivity contribution in [1.29, 1.82) is 0 Å². The second-order valence-electron chi connectivity index (χ2n) is 6.20. The maximum Gasteiger partial charge on any atom is 0.226 e. The molecule has 1 aromatic rings. The van der Waals surface area contributed by atoms with Gasteiger partial charge in [-0.25, -0.2) is 0 Å². The van der Waals surface area contributed by atoms with Crippen LogP contribution >= 0.6 is 23.5 Å². The molecule has 0 saturated carbocycles. The molecule has 0 spiro atoms. The molecule has 0 aromatic carbocycles. The van der Waals surface area contributed by atoms with Crippen LogP contribution in [0.1, 0.15) is 43.7 Å². The Labute approximate surface area is 135 Å². The van der Waals surface area contributed by atoms with Crippen LogP contribution in [0.5, 0.6) is 0 Å². The van der Waals surface area contributed by atoms with E-state index < -0.39 is 0 Å². The highest BCUT2D eigenvalue weighted by atomic mass is 32.2. The monoisotopic (exact) mass is 327 g/mol. The van der Waals surface area contributed by atoms with E-state index in [1.807, 2.05) is 23.5 Å². The quantitative estimate of drug-likeness (QED) is 0.917. The Morgan fingerprint density at radius 1 is 1.38 bits per heavy atom. The fraction of sp³-hybridized carbons (Fsp3) is 0.867. The van der Waals surface area contributed by atoms with Gasteiger partial charge in [-0.2, -0.15) is 16.7 Å². The molecular weight excluding hydrogens is 302 g/mol. The third-order valence-electron chi connectivity index (χ3n) is 4.56. The molecule has 6 heteroatoms. The van der Waals surface area contributed by atoms with E-state index in [1.165, 1.54) is 30.9 Å². The van der Waals surface area contributed by atoms with Crippen LogP contribution in [0.25, 0.3) is 0 Å². The summed E-state index contributed by atoms with van der Waals surface area (Å²) in [4.78, 5) is 4.69. The average molecular weight is 328 g/mol. The Morgan fingerprint density at radius 2 is 2.24 bits per heavy atom. The maximum atomic E-state index is 5.52. The fourth-order valence-corrected chi connectivity index (χ4v) is 5.87. The summed E-state index contributed by atoms with van der Waals surface area (Å²) < 4.78 is 5.52. The van der Waals surface area contributed by atoms with Crippen LogP contribution < -0.4 is 5.32 Å². The van der Waals surface area contributed by atoms with Crippen LogP contribution in [-0.2, 0) is 6.42 Å². The van der Waals surface area contributed by atoms with Gasteiger partial charge in [0.15, 0.2) is 5.82 Å². The smallest absolute Gasteiger partial charge is 0.226 e. The zero-order valence-corrected chi connectivity index (χ0v) is 14.5. The van der Waals surface area contributed by atoms with Crippen LogP contribution in [-0.4, -0.2) is 40.0 Å². The molecule has 2 saturated heterocycles. The molecule has 4 atom stereocenters. The molecule has 3 heterocycles. The summed E-state index contributed by atoms with van der Waals surface area (Å²) in [5.41, 5.74) is 0. The van der Waals surface area contributed by atoms with E-state index in [0.29, 0.717) is 16.4 Å². The number of nitrogens with one attached hydrogen (secondary N) is 1. The summed E-state index contributed by atoms with van der Waals surface area (Å²) in [6.07, 6.45) is 3.52. The SMILES string of the molecule is CC(Cc1nc(C2SCCSC2C)no1)C1CCCNC1. The molecule has 0 bridgehead atoms. The van der Waals surface area contributed by atoms with Crippen LogP contribution in [0.3, 0.4) is 0 Å². The van der Waals surface area contributed by atoms with Gasteiger partial charge in [0.2, 0.25) is 5.89 Å². The standard InChI is InChI=1S/C15H25N3OS2/c1-10(12-4-3-5-16-9-12)8-13-17-15(18-19-13)14-11(2)20-6-7-21-14/h10-12,14,16H,3-9H2,1-2H3. The lowest BCUT2D eigenvalue weighted by atomic mass is 9.85. The predicted octanol–water partition coefficient (Wildman–Crippen LogP) is 3.16. The minimum atomic E-state index is 0.396. The van der Waals surface area contributed by atoms with E-state index in [0.717, 1.165) is 30.6 Å². The zero-order chi connectivity index (χ0) is 14.7. The number of nitrogens with zero attached hydrogens (tertiary/aromatic N) is 2. The van der Waals surface area contributed by atoms with Crippen LogP contribution in [0.4, 0.5) is 0 Å². The highest BCUT2D eigenvalue weighted by Crippen LogP contribution is 2.41. The highest BCUT2D eigenvalue weighted by molar-refractivity contribution is 8.06. The van der Waals surface area contributed by atoms with Crippen molar-refractivity contribution < 1.29 is 4.52 Å². The first-order valence-electron chi connectivity index (χ1n) is 8.00. The second-order valence-corrected chi connectivity index (χ2v) is 8.94. The van der Waals surface area contributed by atoms with Gasteiger partial charge in [0.05, 0.1) is 5.25 Å². The largest absolute Gasteiger partial charge is 0.339 e. The summed E-state index contributed by atoms with van der Waals surface area (Å²) in [6.45, 7) is 6.89. The van der Waals surface area contributed by atoms with Gasteiger partial charge in [0, 0.05) is 23.2 Å². The van der Waals surface area contributed by atoms with E-state index in [-0.39, 0.29) is 0 Å². The normalized spacial score (nSPS) is 32.0. The third-order valence-corrected chi connectivity index (χ3v) is 7.65. The second kappa shape index (κ2) is 7.38. The van der Waals surface area contributed by atoms with Gasteiger partial charge in [-0.1, -0.05) is 19.0 Å². The lowest BCUT2D eigenvalue weighted by Crippen LogP contribution is -2.33.